The second kappa shape index (κ2) is 7.40. The third-order valence-electron chi connectivity index (χ3n) is 3.85. The summed E-state index contributed by atoms with van der Waals surface area (Å²) >= 11 is 1.58. The van der Waals surface area contributed by atoms with E-state index in [0.717, 1.165) is 17.8 Å². The van der Waals surface area contributed by atoms with Crippen molar-refractivity contribution in [2.75, 3.05) is 6.54 Å². The maximum Gasteiger partial charge on any atom is 0.315 e. The first-order valence-corrected chi connectivity index (χ1v) is 8.10. The summed E-state index contributed by atoms with van der Waals surface area (Å²) in [4.78, 5) is 26.9. The number of aromatic nitrogens is 1. The highest BCUT2D eigenvalue weighted by atomic mass is 32.1. The van der Waals surface area contributed by atoms with E-state index in [-0.39, 0.29) is 23.9 Å². The minimum absolute atomic E-state index is 0.0794. The first kappa shape index (κ1) is 15.8. The summed E-state index contributed by atoms with van der Waals surface area (Å²) in [6.45, 7) is 2.57. The van der Waals surface area contributed by atoms with Crippen molar-refractivity contribution >= 4 is 23.3 Å². The van der Waals surface area contributed by atoms with Crippen LogP contribution in [0.3, 0.4) is 0 Å². The summed E-state index contributed by atoms with van der Waals surface area (Å²) in [6, 6.07) is -0.104. The largest absolute Gasteiger partial charge is 0.481 e. The summed E-state index contributed by atoms with van der Waals surface area (Å²) in [6.07, 6.45) is 4.49. The molecule has 0 spiro atoms. The lowest BCUT2D eigenvalue weighted by Gasteiger charge is -2.27. The number of hydrogen-bond donors (Lipinski definition) is 3. The number of urea groups is 1. The fourth-order valence-corrected chi connectivity index (χ4v) is 3.23. The Kier molecular flexibility index (Phi) is 5.55. The van der Waals surface area contributed by atoms with Crippen LogP contribution < -0.4 is 10.6 Å². The number of rotatable bonds is 5. The molecule has 21 heavy (non-hydrogen) atoms. The fraction of sp³-hybridized carbons (Fsp3) is 0.643. The quantitative estimate of drug-likeness (QED) is 0.777. The minimum Gasteiger partial charge on any atom is -0.481 e. The van der Waals surface area contributed by atoms with E-state index in [1.54, 1.807) is 17.5 Å². The first-order chi connectivity index (χ1) is 10.1. The Bertz CT molecular complexity index is 470. The molecule has 1 unspecified atom stereocenters. The van der Waals surface area contributed by atoms with Crippen LogP contribution in [0.4, 0.5) is 4.79 Å². The summed E-state index contributed by atoms with van der Waals surface area (Å²) in [5.41, 5.74) is 0. The topological polar surface area (TPSA) is 91.3 Å². The number of nitrogens with zero attached hydrogens (tertiary/aromatic N) is 1. The van der Waals surface area contributed by atoms with Gasteiger partial charge in [0.1, 0.15) is 0 Å². The molecule has 3 N–H and O–H groups in total. The maximum atomic E-state index is 11.8. The molecule has 0 aliphatic heterocycles. The second-order valence-corrected chi connectivity index (χ2v) is 6.44. The van der Waals surface area contributed by atoms with Crippen molar-refractivity contribution in [3.05, 3.63) is 16.6 Å². The van der Waals surface area contributed by atoms with E-state index in [1.165, 1.54) is 0 Å². The van der Waals surface area contributed by atoms with Gasteiger partial charge in [-0.3, -0.25) is 4.79 Å². The first-order valence-electron chi connectivity index (χ1n) is 7.22. The lowest BCUT2D eigenvalue weighted by atomic mass is 9.86. The highest BCUT2D eigenvalue weighted by Crippen LogP contribution is 2.24. The second-order valence-electron chi connectivity index (χ2n) is 5.51. The molecule has 1 atom stereocenters. The third kappa shape index (κ3) is 4.70. The van der Waals surface area contributed by atoms with E-state index in [2.05, 4.69) is 15.6 Å². The van der Waals surface area contributed by atoms with Gasteiger partial charge < -0.3 is 15.7 Å². The zero-order valence-electron chi connectivity index (χ0n) is 12.0. The van der Waals surface area contributed by atoms with Crippen LogP contribution in [0, 0.1) is 5.92 Å². The molecule has 0 aromatic carbocycles. The van der Waals surface area contributed by atoms with Crippen LogP contribution in [0.1, 0.15) is 43.5 Å². The average Bonchev–Trinajstić information content (AvgIpc) is 2.99. The Labute approximate surface area is 128 Å². The van der Waals surface area contributed by atoms with Gasteiger partial charge in [0.15, 0.2) is 0 Å². The van der Waals surface area contributed by atoms with Crippen LogP contribution in [0.5, 0.6) is 0 Å². The Morgan fingerprint density at radius 2 is 2.14 bits per heavy atom. The van der Waals surface area contributed by atoms with E-state index in [0.29, 0.717) is 19.4 Å². The molecular formula is C14H21N3O3S. The fourth-order valence-electron chi connectivity index (χ4n) is 2.53. The molecule has 2 rings (SSSR count). The van der Waals surface area contributed by atoms with Gasteiger partial charge in [0.25, 0.3) is 0 Å². The Balaban J connectivity index is 1.67. The Hall–Kier alpha value is -1.63. The highest BCUT2D eigenvalue weighted by Gasteiger charge is 2.26. The monoisotopic (exact) mass is 311 g/mol. The number of aliphatic carboxylic acids is 1. The van der Waals surface area contributed by atoms with Gasteiger partial charge in [-0.15, -0.1) is 11.3 Å². The van der Waals surface area contributed by atoms with Gasteiger partial charge in [-0.1, -0.05) is 6.92 Å². The van der Waals surface area contributed by atoms with Gasteiger partial charge in [-0.25, -0.2) is 9.78 Å². The Morgan fingerprint density at radius 3 is 2.71 bits per heavy atom. The van der Waals surface area contributed by atoms with Crippen molar-refractivity contribution in [3.8, 4) is 0 Å². The summed E-state index contributed by atoms with van der Waals surface area (Å²) in [5, 5.41) is 17.6. The molecule has 2 amide bonds. The number of carbonyl (C=O) groups excluding carboxylic acids is 1. The predicted octanol–water partition coefficient (Wildman–Crippen LogP) is 2.19. The van der Waals surface area contributed by atoms with E-state index >= 15 is 0 Å². The van der Waals surface area contributed by atoms with Crippen LogP contribution in [0.2, 0.25) is 0 Å². The van der Waals surface area contributed by atoms with Crippen molar-refractivity contribution < 1.29 is 14.7 Å². The van der Waals surface area contributed by atoms with Crippen LogP contribution in [-0.4, -0.2) is 34.7 Å². The number of amides is 2. The van der Waals surface area contributed by atoms with Gasteiger partial charge in [-0.2, -0.15) is 0 Å². The summed E-state index contributed by atoms with van der Waals surface area (Å²) < 4.78 is 0. The molecule has 1 aromatic heterocycles. The van der Waals surface area contributed by atoms with Gasteiger partial charge in [0.2, 0.25) is 0 Å². The molecule has 1 aliphatic carbocycles. The lowest BCUT2D eigenvalue weighted by Crippen LogP contribution is -2.45. The molecule has 1 saturated carbocycles. The number of carboxylic acids is 1. The molecule has 0 saturated heterocycles. The van der Waals surface area contributed by atoms with Crippen LogP contribution in [0.15, 0.2) is 11.6 Å². The highest BCUT2D eigenvalue weighted by molar-refractivity contribution is 7.09. The zero-order valence-corrected chi connectivity index (χ0v) is 12.9. The van der Waals surface area contributed by atoms with Crippen molar-refractivity contribution in [2.45, 2.75) is 44.6 Å². The standard InChI is InChI=1S/C14H21N3O3S/c1-9(12-15-6-7-21-12)8-16-14(20)17-11-4-2-10(3-5-11)13(18)19/h6-7,9-11H,2-5,8H2,1H3,(H,18,19)(H2,16,17,20). The normalized spacial score (nSPS) is 23.3. The van der Waals surface area contributed by atoms with Crippen LogP contribution in [0.25, 0.3) is 0 Å². The molecule has 6 nitrogen and oxygen atoms in total. The third-order valence-corrected chi connectivity index (χ3v) is 4.86. The zero-order chi connectivity index (χ0) is 15.2. The lowest BCUT2D eigenvalue weighted by molar-refractivity contribution is -0.142. The van der Waals surface area contributed by atoms with E-state index in [1.807, 2.05) is 12.3 Å². The van der Waals surface area contributed by atoms with Crippen molar-refractivity contribution in [2.24, 2.45) is 5.92 Å². The summed E-state index contributed by atoms with van der Waals surface area (Å²) in [5.74, 6) is -0.787. The summed E-state index contributed by atoms with van der Waals surface area (Å²) in [7, 11) is 0. The molecule has 0 radical (unpaired) electrons. The minimum atomic E-state index is -0.727. The molecule has 1 aromatic rings. The molecule has 1 aliphatic rings. The smallest absolute Gasteiger partial charge is 0.315 e. The van der Waals surface area contributed by atoms with Crippen molar-refractivity contribution in [1.29, 1.82) is 0 Å². The number of carboxylic acid groups (broad SMARTS) is 1. The maximum absolute atomic E-state index is 11.8. The van der Waals surface area contributed by atoms with Crippen LogP contribution >= 0.6 is 11.3 Å². The van der Waals surface area contributed by atoms with E-state index < -0.39 is 5.97 Å². The van der Waals surface area contributed by atoms with E-state index in [9.17, 15) is 9.59 Å². The van der Waals surface area contributed by atoms with Crippen molar-refractivity contribution in [3.63, 3.8) is 0 Å². The number of hydrogen-bond acceptors (Lipinski definition) is 4. The molecule has 7 heteroatoms. The van der Waals surface area contributed by atoms with E-state index in [4.69, 9.17) is 5.11 Å². The Morgan fingerprint density at radius 1 is 1.43 bits per heavy atom. The molecule has 116 valence electrons. The predicted molar refractivity (Wildman–Crippen MR) is 80.4 cm³/mol. The van der Waals surface area contributed by atoms with Gasteiger partial charge in [-0.05, 0) is 25.7 Å². The number of carbonyl (C=O) groups is 2. The van der Waals surface area contributed by atoms with Crippen LogP contribution in [-0.2, 0) is 4.79 Å². The van der Waals surface area contributed by atoms with Gasteiger partial charge in [0, 0.05) is 30.1 Å². The molecule has 1 fully saturated rings. The number of thiazole rings is 1. The number of nitrogens with one attached hydrogen (secondary N) is 2. The molecule has 1 heterocycles. The average molecular weight is 311 g/mol. The van der Waals surface area contributed by atoms with Gasteiger partial charge in [0.05, 0.1) is 10.9 Å². The SMILES string of the molecule is CC(CNC(=O)NC1CCC(C(=O)O)CC1)c1nccs1. The molecule has 0 bridgehead atoms. The van der Waals surface area contributed by atoms with Gasteiger partial charge >= 0.3 is 12.0 Å². The molecular weight excluding hydrogens is 290 g/mol. The van der Waals surface area contributed by atoms with Crippen molar-refractivity contribution in [1.82, 2.24) is 15.6 Å².